The number of nitrogens with one attached hydrogen (secondary N) is 2. The second-order valence-electron chi connectivity index (χ2n) is 10.8. The lowest BCUT2D eigenvalue weighted by molar-refractivity contribution is -0.142. The number of hydrogen-bond donors (Lipinski definition) is 5. The first kappa shape index (κ1) is 34.5. The van der Waals surface area contributed by atoms with Gasteiger partial charge in [-0.1, -0.05) is 60.4 Å². The molecule has 242 valence electrons. The Morgan fingerprint density at radius 2 is 1.85 bits per heavy atom. The van der Waals surface area contributed by atoms with Gasteiger partial charge >= 0.3 is 5.97 Å². The highest BCUT2D eigenvalue weighted by molar-refractivity contribution is 8.24. The lowest BCUT2D eigenvalue weighted by atomic mass is 9.72. The Kier molecular flexibility index (Phi) is 11.8. The third-order valence-corrected chi connectivity index (χ3v) is 9.60. The van der Waals surface area contributed by atoms with E-state index in [9.17, 15) is 14.4 Å². The van der Waals surface area contributed by atoms with E-state index < -0.39 is 41.5 Å². The van der Waals surface area contributed by atoms with Crippen LogP contribution < -0.4 is 22.1 Å². The molecule has 2 amide bonds. The van der Waals surface area contributed by atoms with Crippen molar-refractivity contribution in [2.45, 2.75) is 42.5 Å². The molecule has 3 heterocycles. The standard InChI is InChI=1S/C32H36FN7O4S2/c1-20-8-12-36-25(16-20)39-21(2)45-27(18-34)46-24-9-13-37-29(28(24)33)30(43)38-19-32(22-6-4-3-5-7-22)10-14-40(15-11-32)31(44)23(35)17-26(41)42/h3-9,12-13,16,18,23H,2,10-11,14-15,17,19,34-35H2,1H3,(H,36,39)(H,38,43)(H,41,42)/b27-18+/t23-/m0/s1. The molecule has 4 rings (SSSR count). The average molecular weight is 666 g/mol. The number of rotatable bonds is 13. The number of thioether (sulfide) groups is 2. The van der Waals surface area contributed by atoms with Gasteiger partial charge in [-0.15, -0.1) is 0 Å². The van der Waals surface area contributed by atoms with Crippen LogP contribution in [0.3, 0.4) is 0 Å². The molecule has 7 N–H and O–H groups in total. The van der Waals surface area contributed by atoms with Crippen LogP contribution in [-0.2, 0) is 15.0 Å². The van der Waals surface area contributed by atoms with E-state index in [0.29, 0.717) is 41.0 Å². The van der Waals surface area contributed by atoms with Gasteiger partial charge in [-0.3, -0.25) is 14.4 Å². The molecule has 1 aliphatic rings. The van der Waals surface area contributed by atoms with Crippen molar-refractivity contribution in [3.63, 3.8) is 0 Å². The van der Waals surface area contributed by atoms with Crippen LogP contribution in [0.4, 0.5) is 10.2 Å². The van der Waals surface area contributed by atoms with Gasteiger partial charge in [0.05, 0.1) is 26.6 Å². The first-order chi connectivity index (χ1) is 22.0. The number of carbonyl (C=O) groups is 3. The van der Waals surface area contributed by atoms with Crippen LogP contribution in [0.15, 0.2) is 87.9 Å². The van der Waals surface area contributed by atoms with Crippen LogP contribution in [0.2, 0.25) is 0 Å². The lowest BCUT2D eigenvalue weighted by Crippen LogP contribution is -2.53. The Labute approximate surface area is 275 Å². The average Bonchev–Trinajstić information content (AvgIpc) is 3.04. The van der Waals surface area contributed by atoms with E-state index in [-0.39, 0.29) is 17.1 Å². The number of likely N-dealkylation sites (tertiary alicyclic amines) is 1. The number of hydrogen-bond acceptors (Lipinski definition) is 10. The summed E-state index contributed by atoms with van der Waals surface area (Å²) in [6.07, 6.45) is 4.87. The molecule has 0 spiro atoms. The van der Waals surface area contributed by atoms with Crippen molar-refractivity contribution in [3.8, 4) is 0 Å². The molecule has 14 heteroatoms. The highest BCUT2D eigenvalue weighted by atomic mass is 32.2. The summed E-state index contributed by atoms with van der Waals surface area (Å²) < 4.78 is 16.2. The van der Waals surface area contributed by atoms with E-state index in [1.54, 1.807) is 11.1 Å². The number of aryl methyl sites for hydroxylation is 1. The van der Waals surface area contributed by atoms with Gasteiger partial charge in [0.15, 0.2) is 11.5 Å². The summed E-state index contributed by atoms with van der Waals surface area (Å²) in [5, 5.41) is 15.5. The number of pyridine rings is 2. The summed E-state index contributed by atoms with van der Waals surface area (Å²) in [5.74, 6) is -2.43. The SMILES string of the molecule is C=C(Nc1cc(C)ccn1)S/C(=C\N)Sc1ccnc(C(=O)NCC2(c3ccccc3)CCN(C(=O)[C@@H](N)CC(=O)O)CC2)c1F. The molecule has 1 atom stereocenters. The van der Waals surface area contributed by atoms with Crippen LogP contribution in [-0.4, -0.2) is 63.4 Å². The number of halogens is 1. The normalized spacial score (nSPS) is 15.1. The molecular formula is C32H36FN7O4S2. The van der Waals surface area contributed by atoms with Crippen molar-refractivity contribution in [2.75, 3.05) is 25.0 Å². The zero-order valence-corrected chi connectivity index (χ0v) is 26.9. The first-order valence-corrected chi connectivity index (χ1v) is 16.0. The summed E-state index contributed by atoms with van der Waals surface area (Å²) in [5.41, 5.74) is 12.7. The van der Waals surface area contributed by atoms with E-state index in [0.717, 1.165) is 22.9 Å². The fraction of sp³-hybridized carbons (Fsp3) is 0.281. The Bertz CT molecular complexity index is 1610. The number of carbonyl (C=O) groups excluding carboxylic acids is 2. The zero-order valence-electron chi connectivity index (χ0n) is 25.2. The largest absolute Gasteiger partial charge is 0.481 e. The van der Waals surface area contributed by atoms with Crippen molar-refractivity contribution < 1.29 is 23.9 Å². The molecule has 2 aromatic heterocycles. The topological polar surface area (TPSA) is 177 Å². The Morgan fingerprint density at radius 1 is 1.15 bits per heavy atom. The predicted octanol–water partition coefficient (Wildman–Crippen LogP) is 4.18. The predicted molar refractivity (Wildman–Crippen MR) is 178 cm³/mol. The van der Waals surface area contributed by atoms with Gasteiger partial charge in [-0.2, -0.15) is 0 Å². The van der Waals surface area contributed by atoms with Gasteiger partial charge in [0, 0.05) is 43.6 Å². The molecule has 0 saturated carbocycles. The van der Waals surface area contributed by atoms with E-state index >= 15 is 4.39 Å². The summed E-state index contributed by atoms with van der Waals surface area (Å²) in [6, 6.07) is 13.6. The Hall–Kier alpha value is -4.40. The molecule has 1 aromatic carbocycles. The summed E-state index contributed by atoms with van der Waals surface area (Å²) in [7, 11) is 0. The van der Waals surface area contributed by atoms with Crippen LogP contribution in [0.1, 0.15) is 40.9 Å². The number of carboxylic acid groups (broad SMARTS) is 1. The lowest BCUT2D eigenvalue weighted by Gasteiger charge is -2.43. The smallest absolute Gasteiger partial charge is 0.305 e. The number of amides is 2. The number of nitrogens with zero attached hydrogens (tertiary/aromatic N) is 3. The molecule has 0 unspecified atom stereocenters. The Balaban J connectivity index is 1.43. The minimum absolute atomic E-state index is 0.160. The van der Waals surface area contributed by atoms with Crippen molar-refractivity contribution in [3.05, 3.63) is 106 Å². The van der Waals surface area contributed by atoms with Gasteiger partial charge in [0.25, 0.3) is 5.91 Å². The van der Waals surface area contributed by atoms with Gasteiger partial charge in [-0.25, -0.2) is 14.4 Å². The molecule has 0 radical (unpaired) electrons. The summed E-state index contributed by atoms with van der Waals surface area (Å²) in [6.45, 7) is 6.74. The van der Waals surface area contributed by atoms with E-state index in [1.807, 2.05) is 49.4 Å². The Morgan fingerprint density at radius 3 is 2.50 bits per heavy atom. The number of carboxylic acids is 1. The fourth-order valence-electron chi connectivity index (χ4n) is 5.11. The van der Waals surface area contributed by atoms with Crippen LogP contribution in [0, 0.1) is 12.7 Å². The van der Waals surface area contributed by atoms with E-state index in [4.69, 9.17) is 16.6 Å². The van der Waals surface area contributed by atoms with Gasteiger partial charge in [0.2, 0.25) is 5.91 Å². The maximum atomic E-state index is 15.7. The molecule has 0 aliphatic carbocycles. The van der Waals surface area contributed by atoms with Crippen molar-refractivity contribution in [2.24, 2.45) is 11.5 Å². The van der Waals surface area contributed by atoms with Gasteiger partial charge in [0.1, 0.15) is 5.82 Å². The quantitative estimate of drug-likeness (QED) is 0.166. The van der Waals surface area contributed by atoms with E-state index in [1.165, 1.54) is 30.2 Å². The zero-order chi connectivity index (χ0) is 33.3. The maximum Gasteiger partial charge on any atom is 0.305 e. The summed E-state index contributed by atoms with van der Waals surface area (Å²) >= 11 is 2.24. The summed E-state index contributed by atoms with van der Waals surface area (Å²) in [4.78, 5) is 47.1. The third kappa shape index (κ3) is 8.86. The molecule has 0 bridgehead atoms. The van der Waals surface area contributed by atoms with Gasteiger partial charge < -0.3 is 32.1 Å². The maximum absolute atomic E-state index is 15.7. The third-order valence-electron chi connectivity index (χ3n) is 7.54. The molecular weight excluding hydrogens is 630 g/mol. The fourth-order valence-corrected chi connectivity index (χ4v) is 6.92. The molecule has 3 aromatic rings. The first-order valence-electron chi connectivity index (χ1n) is 14.4. The number of anilines is 1. The molecule has 1 fully saturated rings. The van der Waals surface area contributed by atoms with Crippen molar-refractivity contribution >= 4 is 47.1 Å². The number of piperidine rings is 1. The highest BCUT2D eigenvalue weighted by Crippen LogP contribution is 2.39. The minimum Gasteiger partial charge on any atom is -0.481 e. The van der Waals surface area contributed by atoms with Crippen LogP contribution in [0.25, 0.3) is 0 Å². The molecule has 1 aliphatic heterocycles. The highest BCUT2D eigenvalue weighted by Gasteiger charge is 2.39. The minimum atomic E-state index is -1.14. The van der Waals surface area contributed by atoms with Crippen LogP contribution >= 0.6 is 23.5 Å². The number of aliphatic carboxylic acids is 1. The monoisotopic (exact) mass is 665 g/mol. The molecule has 1 saturated heterocycles. The van der Waals surface area contributed by atoms with Gasteiger partial charge in [-0.05, 0) is 49.1 Å². The molecule has 11 nitrogen and oxygen atoms in total. The number of benzene rings is 1. The second kappa shape index (κ2) is 15.7. The van der Waals surface area contributed by atoms with E-state index in [2.05, 4.69) is 27.2 Å². The van der Waals surface area contributed by atoms with Crippen molar-refractivity contribution in [1.82, 2.24) is 20.2 Å². The van der Waals surface area contributed by atoms with Crippen molar-refractivity contribution in [1.29, 1.82) is 0 Å². The number of nitrogens with two attached hydrogens (primary N) is 2. The molecule has 46 heavy (non-hydrogen) atoms. The van der Waals surface area contributed by atoms with Crippen LogP contribution in [0.5, 0.6) is 0 Å². The second-order valence-corrected chi connectivity index (χ2v) is 13.3. The number of aromatic nitrogens is 2.